The van der Waals surface area contributed by atoms with Crippen molar-refractivity contribution in [2.24, 2.45) is 0 Å². The maximum absolute atomic E-state index is 12.4. The van der Waals surface area contributed by atoms with Crippen molar-refractivity contribution >= 4 is 11.7 Å². The third-order valence-electron chi connectivity index (χ3n) is 3.00. The number of aromatic nitrogens is 1. The highest BCUT2D eigenvalue weighted by Crippen LogP contribution is 2.19. The van der Waals surface area contributed by atoms with Crippen LogP contribution < -0.4 is 5.32 Å². The standard InChI is InChI=1S/C15H23F2N3O/c1-5-6-18-14-8-11(7-12(19-14)10(2)3)15(21)20(4)9-13(16)17/h7-8,10,13H,5-6,9H2,1-4H3,(H,18,19). The number of rotatable bonds is 7. The molecule has 0 aliphatic heterocycles. The summed E-state index contributed by atoms with van der Waals surface area (Å²) in [6.07, 6.45) is -1.61. The Bertz CT molecular complexity index is 478. The second-order valence-corrected chi connectivity index (χ2v) is 5.32. The van der Waals surface area contributed by atoms with Crippen LogP contribution in [-0.4, -0.2) is 42.4 Å². The van der Waals surface area contributed by atoms with E-state index in [-0.39, 0.29) is 5.92 Å². The maximum atomic E-state index is 12.4. The van der Waals surface area contributed by atoms with Crippen LogP contribution in [0.25, 0.3) is 0 Å². The minimum Gasteiger partial charge on any atom is -0.370 e. The highest BCUT2D eigenvalue weighted by molar-refractivity contribution is 5.94. The van der Waals surface area contributed by atoms with Crippen LogP contribution in [-0.2, 0) is 0 Å². The Morgan fingerprint density at radius 3 is 2.57 bits per heavy atom. The molecule has 1 rings (SSSR count). The fraction of sp³-hybridized carbons (Fsp3) is 0.600. The summed E-state index contributed by atoms with van der Waals surface area (Å²) < 4.78 is 24.8. The SMILES string of the molecule is CCCNc1cc(C(=O)N(C)CC(F)F)cc(C(C)C)n1. The summed E-state index contributed by atoms with van der Waals surface area (Å²) in [5.41, 5.74) is 1.15. The number of anilines is 1. The highest BCUT2D eigenvalue weighted by Gasteiger charge is 2.18. The molecular formula is C15H23F2N3O. The molecule has 0 unspecified atom stereocenters. The molecule has 0 aliphatic rings. The second kappa shape index (κ2) is 7.90. The fourth-order valence-corrected chi connectivity index (χ4v) is 1.83. The number of carbonyl (C=O) groups is 1. The third-order valence-corrected chi connectivity index (χ3v) is 3.00. The molecule has 4 nitrogen and oxygen atoms in total. The first kappa shape index (κ1) is 17.3. The summed E-state index contributed by atoms with van der Waals surface area (Å²) in [6.45, 7) is 6.15. The van der Waals surface area contributed by atoms with Crippen molar-refractivity contribution in [1.82, 2.24) is 9.88 Å². The number of pyridine rings is 1. The van der Waals surface area contributed by atoms with Gasteiger partial charge in [-0.15, -0.1) is 0 Å². The number of nitrogens with one attached hydrogen (secondary N) is 1. The molecule has 1 amide bonds. The fourth-order valence-electron chi connectivity index (χ4n) is 1.83. The molecule has 1 aromatic heterocycles. The smallest absolute Gasteiger partial charge is 0.255 e. The Balaban J connectivity index is 3.03. The van der Waals surface area contributed by atoms with E-state index >= 15 is 0 Å². The lowest BCUT2D eigenvalue weighted by atomic mass is 10.1. The van der Waals surface area contributed by atoms with Crippen LogP contribution in [0.5, 0.6) is 0 Å². The zero-order valence-electron chi connectivity index (χ0n) is 13.0. The topological polar surface area (TPSA) is 45.2 Å². The van der Waals surface area contributed by atoms with E-state index < -0.39 is 18.9 Å². The van der Waals surface area contributed by atoms with Gasteiger partial charge in [0, 0.05) is 24.8 Å². The average molecular weight is 299 g/mol. The Labute approximate surface area is 124 Å². The van der Waals surface area contributed by atoms with Gasteiger partial charge in [-0.1, -0.05) is 20.8 Å². The van der Waals surface area contributed by atoms with E-state index in [1.54, 1.807) is 12.1 Å². The van der Waals surface area contributed by atoms with Gasteiger partial charge in [0.05, 0.1) is 6.54 Å². The Hall–Kier alpha value is -1.72. The molecule has 1 heterocycles. The zero-order valence-corrected chi connectivity index (χ0v) is 13.0. The molecule has 0 aromatic carbocycles. The van der Waals surface area contributed by atoms with E-state index in [9.17, 15) is 13.6 Å². The molecule has 0 saturated carbocycles. The lowest BCUT2D eigenvalue weighted by molar-refractivity contribution is 0.0620. The molecular weight excluding hydrogens is 276 g/mol. The molecule has 21 heavy (non-hydrogen) atoms. The van der Waals surface area contributed by atoms with Crippen LogP contribution in [0.3, 0.4) is 0 Å². The first-order valence-corrected chi connectivity index (χ1v) is 7.14. The van der Waals surface area contributed by atoms with Gasteiger partial charge in [-0.2, -0.15) is 0 Å². The van der Waals surface area contributed by atoms with E-state index in [0.29, 0.717) is 11.4 Å². The monoisotopic (exact) mass is 299 g/mol. The van der Waals surface area contributed by atoms with Gasteiger partial charge in [-0.3, -0.25) is 4.79 Å². The third kappa shape index (κ3) is 5.28. The number of halogens is 2. The summed E-state index contributed by atoms with van der Waals surface area (Å²) >= 11 is 0. The maximum Gasteiger partial charge on any atom is 0.255 e. The van der Waals surface area contributed by atoms with Gasteiger partial charge in [0.2, 0.25) is 0 Å². The van der Waals surface area contributed by atoms with Crippen LogP contribution in [0, 0.1) is 0 Å². The summed E-state index contributed by atoms with van der Waals surface area (Å²) in [5, 5.41) is 3.13. The van der Waals surface area contributed by atoms with Crippen molar-refractivity contribution < 1.29 is 13.6 Å². The number of hydrogen-bond acceptors (Lipinski definition) is 3. The lowest BCUT2D eigenvalue weighted by Crippen LogP contribution is -2.31. The Morgan fingerprint density at radius 1 is 1.38 bits per heavy atom. The first-order chi connectivity index (χ1) is 9.85. The van der Waals surface area contributed by atoms with E-state index in [2.05, 4.69) is 10.3 Å². The van der Waals surface area contributed by atoms with Crippen LogP contribution in [0.2, 0.25) is 0 Å². The molecule has 0 radical (unpaired) electrons. The predicted molar refractivity (Wildman–Crippen MR) is 80.1 cm³/mol. The van der Waals surface area contributed by atoms with Crippen LogP contribution in [0.1, 0.15) is 49.2 Å². The van der Waals surface area contributed by atoms with Gasteiger partial charge < -0.3 is 10.2 Å². The van der Waals surface area contributed by atoms with Gasteiger partial charge in [-0.25, -0.2) is 13.8 Å². The summed E-state index contributed by atoms with van der Waals surface area (Å²) in [5.74, 6) is 0.344. The van der Waals surface area contributed by atoms with Gasteiger partial charge in [0.15, 0.2) is 0 Å². The zero-order chi connectivity index (χ0) is 16.0. The summed E-state index contributed by atoms with van der Waals surface area (Å²) in [4.78, 5) is 17.7. The van der Waals surface area contributed by atoms with E-state index in [1.807, 2.05) is 20.8 Å². The van der Waals surface area contributed by atoms with E-state index in [0.717, 1.165) is 23.6 Å². The molecule has 0 saturated heterocycles. The predicted octanol–water partition coefficient (Wildman–Crippen LogP) is 3.36. The number of nitrogens with zero attached hydrogens (tertiary/aromatic N) is 2. The van der Waals surface area contributed by atoms with Crippen molar-refractivity contribution in [1.29, 1.82) is 0 Å². The average Bonchev–Trinajstić information content (AvgIpc) is 2.43. The molecule has 0 fully saturated rings. The number of alkyl halides is 2. The van der Waals surface area contributed by atoms with Crippen molar-refractivity contribution in [3.63, 3.8) is 0 Å². The normalized spacial score (nSPS) is 11.0. The second-order valence-electron chi connectivity index (χ2n) is 5.32. The van der Waals surface area contributed by atoms with E-state index in [1.165, 1.54) is 7.05 Å². The molecule has 118 valence electrons. The van der Waals surface area contributed by atoms with Gasteiger partial charge >= 0.3 is 0 Å². The van der Waals surface area contributed by atoms with E-state index in [4.69, 9.17) is 0 Å². The van der Waals surface area contributed by atoms with Crippen molar-refractivity contribution in [2.75, 3.05) is 25.5 Å². The molecule has 0 atom stereocenters. The highest BCUT2D eigenvalue weighted by atomic mass is 19.3. The molecule has 0 aliphatic carbocycles. The Morgan fingerprint density at radius 2 is 2.05 bits per heavy atom. The van der Waals surface area contributed by atoms with Crippen LogP contribution in [0.15, 0.2) is 12.1 Å². The summed E-state index contributed by atoms with van der Waals surface area (Å²) in [6, 6.07) is 3.29. The van der Waals surface area contributed by atoms with Crippen LogP contribution >= 0.6 is 0 Å². The number of amides is 1. The van der Waals surface area contributed by atoms with Crippen molar-refractivity contribution in [3.8, 4) is 0 Å². The molecule has 1 N–H and O–H groups in total. The quantitative estimate of drug-likeness (QED) is 0.839. The summed E-state index contributed by atoms with van der Waals surface area (Å²) in [7, 11) is 1.38. The van der Waals surface area contributed by atoms with Crippen molar-refractivity contribution in [3.05, 3.63) is 23.4 Å². The molecule has 1 aromatic rings. The number of carbonyl (C=O) groups excluding carboxylic acids is 1. The lowest BCUT2D eigenvalue weighted by Gasteiger charge is -2.18. The molecule has 6 heteroatoms. The van der Waals surface area contributed by atoms with Gasteiger partial charge in [0.1, 0.15) is 5.82 Å². The van der Waals surface area contributed by atoms with Gasteiger partial charge in [-0.05, 0) is 24.5 Å². The molecule has 0 bridgehead atoms. The minimum absolute atomic E-state index is 0.153. The first-order valence-electron chi connectivity index (χ1n) is 7.14. The van der Waals surface area contributed by atoms with Gasteiger partial charge in [0.25, 0.3) is 12.3 Å². The molecule has 0 spiro atoms. The van der Waals surface area contributed by atoms with Crippen LogP contribution in [0.4, 0.5) is 14.6 Å². The number of hydrogen-bond donors (Lipinski definition) is 1. The largest absolute Gasteiger partial charge is 0.370 e. The Kier molecular flexibility index (Phi) is 6.52. The minimum atomic E-state index is -2.54. The van der Waals surface area contributed by atoms with Crippen molar-refractivity contribution in [2.45, 2.75) is 39.5 Å².